The number of ketones is 1. The van der Waals surface area contributed by atoms with E-state index in [-0.39, 0.29) is 5.78 Å². The Labute approximate surface area is 92.9 Å². The van der Waals surface area contributed by atoms with Gasteiger partial charge in [0.2, 0.25) is 0 Å². The molecular weight excluding hydrogens is 184 g/mol. The number of carbonyl (C=O) groups excluding carboxylic acids is 1. The number of rotatable bonds is 5. The quantitative estimate of drug-likeness (QED) is 0.376. The highest BCUT2D eigenvalue weighted by Gasteiger charge is 1.98. The minimum Gasteiger partial charge on any atom is -0.295 e. The average Bonchev–Trinajstić information content (AvgIpc) is 2.13. The predicted octanol–water partition coefficient (Wildman–Crippen LogP) is 3.99. The average molecular weight is 204 g/mol. The number of hydrogen-bond donors (Lipinski definition) is 0. The second-order valence-corrected chi connectivity index (χ2v) is 3.77. The lowest BCUT2D eigenvalue weighted by atomic mass is 10.0. The van der Waals surface area contributed by atoms with Crippen molar-refractivity contribution in [3.8, 4) is 0 Å². The minimum absolute atomic E-state index is 0.0743. The molecule has 0 bridgehead atoms. The van der Waals surface area contributed by atoms with Crippen LogP contribution in [0.2, 0.25) is 0 Å². The molecule has 0 atom stereocenters. The number of allylic oxidation sites excluding steroid dienone is 7. The third kappa shape index (κ3) is 5.84. The molecule has 0 aromatic heterocycles. The molecule has 0 rings (SSSR count). The smallest absolute Gasteiger partial charge is 0.152 e. The summed E-state index contributed by atoms with van der Waals surface area (Å²) in [5.74, 6) is 0.0743. The Kier molecular flexibility index (Phi) is 6.35. The van der Waals surface area contributed by atoms with Crippen molar-refractivity contribution in [2.75, 3.05) is 0 Å². The summed E-state index contributed by atoms with van der Waals surface area (Å²) in [5, 5.41) is 0. The van der Waals surface area contributed by atoms with E-state index in [9.17, 15) is 4.79 Å². The van der Waals surface area contributed by atoms with Gasteiger partial charge in [-0.05, 0) is 51.3 Å². The Morgan fingerprint density at radius 1 is 1.13 bits per heavy atom. The van der Waals surface area contributed by atoms with Gasteiger partial charge in [-0.15, -0.1) is 6.58 Å². The molecule has 82 valence electrons. The Morgan fingerprint density at radius 3 is 2.13 bits per heavy atom. The molecule has 0 N–H and O–H groups in total. The summed E-state index contributed by atoms with van der Waals surface area (Å²) < 4.78 is 0. The first kappa shape index (κ1) is 13.6. The zero-order valence-corrected chi connectivity index (χ0v) is 10.1. The predicted molar refractivity (Wildman–Crippen MR) is 66.8 cm³/mol. The summed E-state index contributed by atoms with van der Waals surface area (Å²) in [4.78, 5) is 10.9. The van der Waals surface area contributed by atoms with Gasteiger partial charge >= 0.3 is 0 Å². The fourth-order valence-electron chi connectivity index (χ4n) is 1.26. The van der Waals surface area contributed by atoms with Crippen molar-refractivity contribution in [1.29, 1.82) is 0 Å². The SMILES string of the molecule is C=CCC=C(C)C(C=CC(C)=O)=C(C)C. The topological polar surface area (TPSA) is 17.1 Å². The van der Waals surface area contributed by atoms with Crippen LogP contribution in [-0.4, -0.2) is 5.78 Å². The molecule has 0 saturated carbocycles. The van der Waals surface area contributed by atoms with E-state index in [1.807, 2.05) is 26.0 Å². The van der Waals surface area contributed by atoms with Crippen LogP contribution in [-0.2, 0) is 4.79 Å². The van der Waals surface area contributed by atoms with Gasteiger partial charge in [-0.1, -0.05) is 23.8 Å². The summed E-state index contributed by atoms with van der Waals surface area (Å²) >= 11 is 0. The summed E-state index contributed by atoms with van der Waals surface area (Å²) in [5.41, 5.74) is 3.53. The van der Waals surface area contributed by atoms with Crippen LogP contribution in [0.25, 0.3) is 0 Å². The first-order valence-electron chi connectivity index (χ1n) is 5.13. The fraction of sp³-hybridized carbons (Fsp3) is 0.357. The highest BCUT2D eigenvalue weighted by atomic mass is 16.1. The van der Waals surface area contributed by atoms with E-state index in [4.69, 9.17) is 0 Å². The van der Waals surface area contributed by atoms with Crippen LogP contribution in [0.15, 0.2) is 47.6 Å². The lowest BCUT2D eigenvalue weighted by Gasteiger charge is -2.05. The van der Waals surface area contributed by atoms with Crippen molar-refractivity contribution in [3.63, 3.8) is 0 Å². The van der Waals surface area contributed by atoms with Gasteiger partial charge in [-0.2, -0.15) is 0 Å². The van der Waals surface area contributed by atoms with Gasteiger partial charge in [-0.3, -0.25) is 4.79 Å². The molecule has 1 heteroatoms. The molecule has 0 fully saturated rings. The Bertz CT molecular complexity index is 323. The van der Waals surface area contributed by atoms with E-state index in [0.717, 1.165) is 12.0 Å². The van der Waals surface area contributed by atoms with Crippen molar-refractivity contribution in [2.45, 2.75) is 34.1 Å². The zero-order valence-electron chi connectivity index (χ0n) is 10.1. The normalized spacial score (nSPS) is 11.6. The van der Waals surface area contributed by atoms with Crippen molar-refractivity contribution in [3.05, 3.63) is 47.6 Å². The van der Waals surface area contributed by atoms with Gasteiger partial charge in [-0.25, -0.2) is 0 Å². The van der Waals surface area contributed by atoms with E-state index in [0.29, 0.717) is 0 Å². The van der Waals surface area contributed by atoms with Crippen molar-refractivity contribution < 1.29 is 4.79 Å². The summed E-state index contributed by atoms with van der Waals surface area (Å²) in [6.45, 7) is 11.4. The van der Waals surface area contributed by atoms with E-state index in [1.165, 1.54) is 11.1 Å². The van der Waals surface area contributed by atoms with Crippen molar-refractivity contribution in [2.24, 2.45) is 0 Å². The number of carbonyl (C=O) groups is 1. The third-order valence-electron chi connectivity index (χ3n) is 2.04. The largest absolute Gasteiger partial charge is 0.295 e. The summed E-state index contributed by atoms with van der Waals surface area (Å²) in [7, 11) is 0. The molecule has 1 nitrogen and oxygen atoms in total. The highest BCUT2D eigenvalue weighted by Crippen LogP contribution is 2.16. The van der Waals surface area contributed by atoms with Gasteiger partial charge in [0, 0.05) is 0 Å². The van der Waals surface area contributed by atoms with Crippen LogP contribution in [0.5, 0.6) is 0 Å². The van der Waals surface area contributed by atoms with E-state index >= 15 is 0 Å². The molecule has 0 aliphatic heterocycles. The van der Waals surface area contributed by atoms with Crippen LogP contribution in [0.3, 0.4) is 0 Å². The zero-order chi connectivity index (χ0) is 11.8. The Morgan fingerprint density at radius 2 is 1.73 bits per heavy atom. The maximum Gasteiger partial charge on any atom is 0.152 e. The first-order valence-corrected chi connectivity index (χ1v) is 5.13. The number of hydrogen-bond acceptors (Lipinski definition) is 1. The molecule has 0 heterocycles. The van der Waals surface area contributed by atoms with Gasteiger partial charge < -0.3 is 0 Å². The molecule has 0 aromatic rings. The Hall–Kier alpha value is -1.37. The second-order valence-electron chi connectivity index (χ2n) is 3.77. The summed E-state index contributed by atoms with van der Waals surface area (Å²) in [6.07, 6.45) is 8.32. The standard InChI is InChI=1S/C14H20O/c1-6-7-8-12(4)14(11(2)3)10-9-13(5)15/h6,8-10H,1,7H2,2-5H3. The lowest BCUT2D eigenvalue weighted by molar-refractivity contribution is -0.112. The van der Waals surface area contributed by atoms with Gasteiger partial charge in [0.1, 0.15) is 0 Å². The van der Waals surface area contributed by atoms with E-state index < -0.39 is 0 Å². The first-order chi connectivity index (χ1) is 6.99. The van der Waals surface area contributed by atoms with E-state index in [2.05, 4.69) is 19.6 Å². The molecular formula is C14H20O. The fourth-order valence-corrected chi connectivity index (χ4v) is 1.26. The molecule has 0 spiro atoms. The van der Waals surface area contributed by atoms with Crippen LogP contribution >= 0.6 is 0 Å². The van der Waals surface area contributed by atoms with Crippen LogP contribution < -0.4 is 0 Å². The summed E-state index contributed by atoms with van der Waals surface area (Å²) in [6, 6.07) is 0. The molecule has 0 amide bonds. The van der Waals surface area contributed by atoms with Gasteiger partial charge in [0.25, 0.3) is 0 Å². The minimum atomic E-state index is 0.0743. The molecule has 15 heavy (non-hydrogen) atoms. The highest BCUT2D eigenvalue weighted by molar-refractivity contribution is 5.87. The second kappa shape index (κ2) is 6.99. The molecule has 0 aromatic carbocycles. The lowest BCUT2D eigenvalue weighted by Crippen LogP contribution is -1.88. The molecule has 0 radical (unpaired) electrons. The molecule has 0 aliphatic carbocycles. The van der Waals surface area contributed by atoms with Crippen LogP contribution in [0, 0.1) is 0 Å². The Balaban J connectivity index is 4.93. The van der Waals surface area contributed by atoms with E-state index in [1.54, 1.807) is 13.0 Å². The maximum atomic E-state index is 10.9. The molecule has 0 saturated heterocycles. The van der Waals surface area contributed by atoms with Crippen LogP contribution in [0.1, 0.15) is 34.1 Å². The van der Waals surface area contributed by atoms with Crippen molar-refractivity contribution >= 4 is 5.78 Å². The maximum absolute atomic E-state index is 10.9. The van der Waals surface area contributed by atoms with Crippen LogP contribution in [0.4, 0.5) is 0 Å². The molecule has 0 unspecified atom stereocenters. The monoisotopic (exact) mass is 204 g/mol. The van der Waals surface area contributed by atoms with Crippen molar-refractivity contribution in [1.82, 2.24) is 0 Å². The third-order valence-corrected chi connectivity index (χ3v) is 2.04. The van der Waals surface area contributed by atoms with Gasteiger partial charge in [0.15, 0.2) is 5.78 Å². The van der Waals surface area contributed by atoms with Gasteiger partial charge in [0.05, 0.1) is 0 Å². The molecule has 0 aliphatic rings.